The Bertz CT molecular complexity index is 692. The van der Waals surface area contributed by atoms with Crippen LogP contribution < -0.4 is 33.7 Å². The predicted octanol–water partition coefficient (Wildman–Crippen LogP) is -2.12. The van der Waals surface area contributed by atoms with Gasteiger partial charge in [-0.05, 0) is 6.07 Å². The molecule has 0 bridgehead atoms. The molecule has 96 valence electrons. The first-order chi connectivity index (χ1) is 8.53. The normalized spacial score (nSPS) is 18.1. The Kier molecular flexibility index (Phi) is 4.24. The Hall–Kier alpha value is -0.570. The summed E-state index contributed by atoms with van der Waals surface area (Å²) in [6, 6.07) is 8.86. The van der Waals surface area contributed by atoms with Gasteiger partial charge >= 0.3 is 29.6 Å². The first-order valence-electron chi connectivity index (χ1n) is 5.38. The van der Waals surface area contributed by atoms with Crippen molar-refractivity contribution in [2.75, 3.05) is 6.61 Å². The Morgan fingerprint density at radius 2 is 2.11 bits per heavy atom. The average molecular weight is 291 g/mol. The number of epoxide rings is 1. The van der Waals surface area contributed by atoms with E-state index >= 15 is 0 Å². The smallest absolute Gasteiger partial charge is 0.716 e. The third-order valence-corrected chi connectivity index (χ3v) is 3.12. The second-order valence-corrected chi connectivity index (χ2v) is 5.08. The summed E-state index contributed by atoms with van der Waals surface area (Å²) in [6.45, 7) is 1.11. The summed E-state index contributed by atoms with van der Waals surface area (Å²) in [5.41, 5.74) is 0.812. The van der Waals surface area contributed by atoms with E-state index in [-0.39, 0.29) is 41.5 Å². The third kappa shape index (κ3) is 3.50. The molecule has 6 nitrogen and oxygen atoms in total. The molecular weight excluding hydrogens is 281 g/mol. The molecule has 1 saturated heterocycles. The summed E-state index contributed by atoms with van der Waals surface area (Å²) in [4.78, 5) is 0. The molecule has 8 heteroatoms. The van der Waals surface area contributed by atoms with E-state index in [0.717, 1.165) is 10.9 Å². The van der Waals surface area contributed by atoms with Crippen LogP contribution in [0.1, 0.15) is 0 Å². The molecule has 3 rings (SSSR count). The molecule has 19 heavy (non-hydrogen) atoms. The number of ether oxygens (including phenoxy) is 1. The van der Waals surface area contributed by atoms with E-state index in [2.05, 4.69) is 4.18 Å². The molecular formula is C11H10NNaO5S. The van der Waals surface area contributed by atoms with E-state index in [4.69, 9.17) is 4.74 Å². The van der Waals surface area contributed by atoms with Gasteiger partial charge in [0, 0.05) is 11.5 Å². The Morgan fingerprint density at radius 1 is 1.42 bits per heavy atom. The number of hydrogen-bond acceptors (Lipinski definition) is 5. The van der Waals surface area contributed by atoms with Crippen molar-refractivity contribution in [2.24, 2.45) is 0 Å². The summed E-state index contributed by atoms with van der Waals surface area (Å²) in [5.74, 6) is 0.0294. The summed E-state index contributed by atoms with van der Waals surface area (Å²) in [7, 11) is -4.77. The van der Waals surface area contributed by atoms with Crippen LogP contribution in [0.25, 0.3) is 10.9 Å². The van der Waals surface area contributed by atoms with E-state index in [1.165, 1.54) is 6.07 Å². The molecule has 0 N–H and O–H groups in total. The number of fused-ring (bicyclic) bond motifs is 1. The minimum Gasteiger partial charge on any atom is -0.716 e. The largest absolute Gasteiger partial charge is 1.00 e. The van der Waals surface area contributed by atoms with Gasteiger partial charge in [-0.25, -0.2) is 8.42 Å². The van der Waals surface area contributed by atoms with Crippen LogP contribution in [-0.4, -0.2) is 30.2 Å². The minimum atomic E-state index is -4.77. The fourth-order valence-electron chi connectivity index (χ4n) is 1.92. The summed E-state index contributed by atoms with van der Waals surface area (Å²) in [6.07, 6.45) is 0.0533. The molecule has 1 aliphatic rings. The Balaban J connectivity index is 0.00000133. The topological polar surface area (TPSA) is 83.9 Å². The van der Waals surface area contributed by atoms with Crippen LogP contribution in [0, 0.1) is 0 Å². The Labute approximate surface area is 132 Å². The van der Waals surface area contributed by atoms with Gasteiger partial charge in [0.1, 0.15) is 0 Å². The maximum absolute atomic E-state index is 10.7. The zero-order valence-electron chi connectivity index (χ0n) is 10.3. The van der Waals surface area contributed by atoms with Crippen molar-refractivity contribution in [1.82, 2.24) is 4.57 Å². The minimum absolute atomic E-state index is 0. The zero-order chi connectivity index (χ0) is 12.8. The van der Waals surface area contributed by atoms with Crippen LogP contribution in [0.15, 0.2) is 30.3 Å². The number of nitrogens with zero attached hydrogens (tertiary/aromatic N) is 1. The van der Waals surface area contributed by atoms with Crippen LogP contribution in [0.4, 0.5) is 0 Å². The van der Waals surface area contributed by atoms with Crippen LogP contribution in [0.3, 0.4) is 0 Å². The first-order valence-corrected chi connectivity index (χ1v) is 6.71. The average Bonchev–Trinajstić information content (AvgIpc) is 3.02. The van der Waals surface area contributed by atoms with E-state index in [0.29, 0.717) is 13.2 Å². The van der Waals surface area contributed by atoms with Gasteiger partial charge in [0.2, 0.25) is 5.88 Å². The molecule has 0 amide bonds. The van der Waals surface area contributed by atoms with Gasteiger partial charge < -0.3 is 18.0 Å². The zero-order valence-corrected chi connectivity index (χ0v) is 13.1. The molecule has 0 saturated carbocycles. The first kappa shape index (κ1) is 14.8. The van der Waals surface area contributed by atoms with E-state index < -0.39 is 10.4 Å². The Morgan fingerprint density at radius 3 is 2.74 bits per heavy atom. The van der Waals surface area contributed by atoms with E-state index in [1.54, 1.807) is 4.57 Å². The van der Waals surface area contributed by atoms with Crippen molar-refractivity contribution in [2.45, 2.75) is 12.6 Å². The molecule has 1 aliphatic heterocycles. The van der Waals surface area contributed by atoms with E-state index in [9.17, 15) is 13.0 Å². The maximum Gasteiger partial charge on any atom is 1.00 e. The third-order valence-electron chi connectivity index (χ3n) is 2.75. The van der Waals surface area contributed by atoms with Gasteiger partial charge in [0.15, 0.2) is 0 Å². The number of aromatic nitrogens is 1. The van der Waals surface area contributed by atoms with Crippen molar-refractivity contribution in [1.29, 1.82) is 0 Å². The fraction of sp³-hybridized carbons (Fsp3) is 0.273. The molecule has 1 unspecified atom stereocenters. The second kappa shape index (κ2) is 5.43. The van der Waals surface area contributed by atoms with Crippen molar-refractivity contribution >= 4 is 21.3 Å². The van der Waals surface area contributed by atoms with Crippen molar-refractivity contribution in [3.63, 3.8) is 0 Å². The molecule has 2 heterocycles. The van der Waals surface area contributed by atoms with Crippen molar-refractivity contribution in [3.8, 4) is 5.88 Å². The fourth-order valence-corrected chi connectivity index (χ4v) is 2.27. The van der Waals surface area contributed by atoms with Crippen LogP contribution in [-0.2, 0) is 21.7 Å². The van der Waals surface area contributed by atoms with Crippen LogP contribution >= 0.6 is 0 Å². The van der Waals surface area contributed by atoms with Gasteiger partial charge in [-0.3, -0.25) is 0 Å². The summed E-state index contributed by atoms with van der Waals surface area (Å²) < 4.78 is 43.3. The number of rotatable bonds is 4. The molecule has 2 aromatic rings. The molecule has 1 atom stereocenters. The van der Waals surface area contributed by atoms with Crippen LogP contribution in [0.2, 0.25) is 0 Å². The van der Waals surface area contributed by atoms with Crippen molar-refractivity contribution in [3.05, 3.63) is 30.3 Å². The van der Waals surface area contributed by atoms with Gasteiger partial charge in [-0.2, -0.15) is 0 Å². The van der Waals surface area contributed by atoms with Gasteiger partial charge in [-0.1, -0.05) is 18.2 Å². The molecule has 1 aromatic carbocycles. The molecule has 1 fully saturated rings. The molecule has 0 aliphatic carbocycles. The second-order valence-electron chi connectivity index (χ2n) is 4.10. The summed E-state index contributed by atoms with van der Waals surface area (Å²) >= 11 is 0. The summed E-state index contributed by atoms with van der Waals surface area (Å²) in [5, 5.41) is 0.816. The predicted molar refractivity (Wildman–Crippen MR) is 62.0 cm³/mol. The number of hydrogen-bond donors (Lipinski definition) is 0. The number of benzene rings is 1. The van der Waals surface area contributed by atoms with Crippen molar-refractivity contribution < 1.29 is 51.4 Å². The van der Waals surface area contributed by atoms with E-state index in [1.807, 2.05) is 24.3 Å². The maximum atomic E-state index is 10.7. The SMILES string of the molecule is O=S(=O)([O-])Oc1cc2ccccc2n1CC1CO1.[Na+]. The molecule has 0 spiro atoms. The molecule has 1 aromatic heterocycles. The quantitative estimate of drug-likeness (QED) is 0.278. The van der Waals surface area contributed by atoms with Crippen LogP contribution in [0.5, 0.6) is 5.88 Å². The van der Waals surface area contributed by atoms with Gasteiger partial charge in [0.05, 0.1) is 24.8 Å². The van der Waals surface area contributed by atoms with Gasteiger partial charge in [-0.15, -0.1) is 0 Å². The number of para-hydroxylation sites is 1. The standard InChI is InChI=1S/C11H11NO5S.Na/c13-18(14,15)17-11-5-8-3-1-2-4-10(8)12(11)6-9-7-16-9;/h1-5,9H,6-7H2,(H,13,14,15);/q;+1/p-1. The molecule has 0 radical (unpaired) electrons. The van der Waals surface area contributed by atoms with Gasteiger partial charge in [0.25, 0.3) is 10.4 Å². The monoisotopic (exact) mass is 291 g/mol.